The molecule has 1 fully saturated rings. The van der Waals surface area contributed by atoms with E-state index in [4.69, 9.17) is 4.52 Å². The van der Waals surface area contributed by atoms with Crippen molar-refractivity contribution in [2.24, 2.45) is 0 Å². The number of nitrogens with zero attached hydrogens (tertiary/aromatic N) is 3. The summed E-state index contributed by atoms with van der Waals surface area (Å²) in [5.74, 6) is 1.25. The molecule has 5 nitrogen and oxygen atoms in total. The van der Waals surface area contributed by atoms with E-state index in [9.17, 15) is 0 Å². The molecule has 3 rings (SSSR count). The highest BCUT2D eigenvalue weighted by Gasteiger charge is 2.21. The van der Waals surface area contributed by atoms with E-state index in [1.54, 1.807) is 6.20 Å². The van der Waals surface area contributed by atoms with Crippen molar-refractivity contribution in [1.29, 1.82) is 0 Å². The maximum atomic E-state index is 5.24. The fraction of sp³-hybridized carbons (Fsp3) is 0.417. The van der Waals surface area contributed by atoms with E-state index in [0.717, 1.165) is 11.3 Å². The lowest BCUT2D eigenvalue weighted by Crippen LogP contribution is -2.16. The van der Waals surface area contributed by atoms with Gasteiger partial charge in [-0.25, -0.2) is 0 Å². The summed E-state index contributed by atoms with van der Waals surface area (Å²) in [6.07, 6.45) is 4.27. The minimum absolute atomic E-state index is 0.545. The van der Waals surface area contributed by atoms with Gasteiger partial charge < -0.3 is 9.84 Å². The summed E-state index contributed by atoms with van der Waals surface area (Å²) < 4.78 is 5.24. The Balaban J connectivity index is 1.77. The first kappa shape index (κ1) is 10.4. The van der Waals surface area contributed by atoms with Gasteiger partial charge >= 0.3 is 0 Å². The van der Waals surface area contributed by atoms with Crippen LogP contribution in [0.5, 0.6) is 0 Å². The van der Waals surface area contributed by atoms with Crippen molar-refractivity contribution < 1.29 is 4.52 Å². The number of pyridine rings is 1. The van der Waals surface area contributed by atoms with Crippen LogP contribution in [-0.4, -0.2) is 21.2 Å². The van der Waals surface area contributed by atoms with E-state index in [0.29, 0.717) is 24.3 Å². The average molecular weight is 230 g/mol. The summed E-state index contributed by atoms with van der Waals surface area (Å²) in [6, 6.07) is 4.46. The van der Waals surface area contributed by atoms with Crippen molar-refractivity contribution in [3.05, 3.63) is 29.8 Å². The molecule has 2 aromatic rings. The van der Waals surface area contributed by atoms with Crippen LogP contribution in [0.4, 0.5) is 0 Å². The third-order valence-electron chi connectivity index (χ3n) is 2.83. The molecule has 0 saturated heterocycles. The average Bonchev–Trinajstić information content (AvgIpc) is 3.06. The molecule has 1 aliphatic rings. The third kappa shape index (κ3) is 2.34. The zero-order chi connectivity index (χ0) is 11.7. The first-order valence-electron chi connectivity index (χ1n) is 5.81. The molecule has 0 aromatic carbocycles. The van der Waals surface area contributed by atoms with Crippen molar-refractivity contribution in [3.63, 3.8) is 0 Å². The van der Waals surface area contributed by atoms with Gasteiger partial charge in [0.1, 0.15) is 0 Å². The number of hydrogen-bond donors (Lipinski definition) is 1. The summed E-state index contributed by atoms with van der Waals surface area (Å²) in [5.41, 5.74) is 1.80. The molecule has 1 N–H and O–H groups in total. The van der Waals surface area contributed by atoms with Crippen molar-refractivity contribution in [2.75, 3.05) is 0 Å². The van der Waals surface area contributed by atoms with Crippen LogP contribution in [0, 0.1) is 6.92 Å². The first-order valence-corrected chi connectivity index (χ1v) is 5.81. The highest BCUT2D eigenvalue weighted by molar-refractivity contribution is 5.55. The molecule has 0 unspecified atom stereocenters. The summed E-state index contributed by atoms with van der Waals surface area (Å²) in [5, 5.41) is 7.31. The Morgan fingerprint density at radius 2 is 2.35 bits per heavy atom. The van der Waals surface area contributed by atoms with Gasteiger partial charge in [0.15, 0.2) is 5.82 Å². The molecule has 0 amide bonds. The Bertz CT molecular complexity index is 519. The van der Waals surface area contributed by atoms with Gasteiger partial charge in [-0.2, -0.15) is 4.98 Å². The summed E-state index contributed by atoms with van der Waals surface area (Å²) in [6.45, 7) is 2.61. The minimum atomic E-state index is 0.545. The van der Waals surface area contributed by atoms with Crippen molar-refractivity contribution >= 4 is 0 Å². The Labute approximate surface area is 99.3 Å². The third-order valence-corrected chi connectivity index (χ3v) is 2.83. The van der Waals surface area contributed by atoms with E-state index >= 15 is 0 Å². The normalized spacial score (nSPS) is 15.1. The van der Waals surface area contributed by atoms with Crippen molar-refractivity contribution in [2.45, 2.75) is 32.4 Å². The summed E-state index contributed by atoms with van der Waals surface area (Å²) in [7, 11) is 0. The molecule has 2 heterocycles. The van der Waals surface area contributed by atoms with Gasteiger partial charge in [0.05, 0.1) is 12.1 Å². The molecule has 0 radical (unpaired) electrons. The van der Waals surface area contributed by atoms with E-state index in [1.165, 1.54) is 12.8 Å². The van der Waals surface area contributed by atoms with Gasteiger partial charge in [0.2, 0.25) is 0 Å². The number of nitrogens with one attached hydrogen (secondary N) is 1. The molecule has 2 aromatic heterocycles. The second kappa shape index (κ2) is 4.25. The Morgan fingerprint density at radius 1 is 1.47 bits per heavy atom. The Hall–Kier alpha value is -1.75. The predicted molar refractivity (Wildman–Crippen MR) is 62.1 cm³/mol. The van der Waals surface area contributed by atoms with Gasteiger partial charge in [-0.05, 0) is 31.9 Å². The zero-order valence-corrected chi connectivity index (χ0v) is 9.68. The molecule has 0 bridgehead atoms. The summed E-state index contributed by atoms with van der Waals surface area (Å²) in [4.78, 5) is 8.57. The van der Waals surface area contributed by atoms with Crippen LogP contribution >= 0.6 is 0 Å². The smallest absolute Gasteiger partial charge is 0.259 e. The lowest BCUT2D eigenvalue weighted by molar-refractivity contribution is 0.419. The molecular formula is C12H14N4O. The molecule has 5 heteroatoms. The van der Waals surface area contributed by atoms with Gasteiger partial charge in [-0.15, -0.1) is 0 Å². The Morgan fingerprint density at radius 3 is 3.12 bits per heavy atom. The largest absolute Gasteiger partial charge is 0.334 e. The Kier molecular flexibility index (Phi) is 2.60. The fourth-order valence-corrected chi connectivity index (χ4v) is 1.67. The van der Waals surface area contributed by atoms with Gasteiger partial charge in [-0.1, -0.05) is 5.16 Å². The maximum absolute atomic E-state index is 5.24. The fourth-order valence-electron chi connectivity index (χ4n) is 1.67. The molecule has 0 spiro atoms. The van der Waals surface area contributed by atoms with Gasteiger partial charge in [0, 0.05) is 17.9 Å². The van der Waals surface area contributed by atoms with Crippen molar-refractivity contribution in [1.82, 2.24) is 20.4 Å². The van der Waals surface area contributed by atoms with E-state index < -0.39 is 0 Å². The zero-order valence-electron chi connectivity index (χ0n) is 9.68. The topological polar surface area (TPSA) is 63.8 Å². The minimum Gasteiger partial charge on any atom is -0.334 e. The van der Waals surface area contributed by atoms with Crippen LogP contribution in [0.1, 0.15) is 24.4 Å². The monoisotopic (exact) mass is 230 g/mol. The van der Waals surface area contributed by atoms with Crippen LogP contribution < -0.4 is 5.32 Å². The van der Waals surface area contributed by atoms with Crippen LogP contribution in [0.25, 0.3) is 11.5 Å². The second-order valence-electron chi connectivity index (χ2n) is 4.31. The molecule has 1 saturated carbocycles. The molecule has 0 aliphatic heterocycles. The van der Waals surface area contributed by atoms with E-state index in [1.807, 2.05) is 19.1 Å². The summed E-state index contributed by atoms with van der Waals surface area (Å²) >= 11 is 0. The highest BCUT2D eigenvalue weighted by atomic mass is 16.5. The van der Waals surface area contributed by atoms with Gasteiger partial charge in [0.25, 0.3) is 5.89 Å². The molecular weight excluding hydrogens is 216 g/mol. The number of aromatic nitrogens is 3. The lowest BCUT2D eigenvalue weighted by atomic mass is 10.2. The van der Waals surface area contributed by atoms with Crippen molar-refractivity contribution in [3.8, 4) is 11.5 Å². The van der Waals surface area contributed by atoms with E-state index in [2.05, 4.69) is 20.4 Å². The SMILES string of the molecule is Cc1ncccc1-c1nc(CNC2CC2)no1. The second-order valence-corrected chi connectivity index (χ2v) is 4.31. The quantitative estimate of drug-likeness (QED) is 0.866. The molecule has 88 valence electrons. The molecule has 17 heavy (non-hydrogen) atoms. The molecule has 1 aliphatic carbocycles. The number of hydrogen-bond acceptors (Lipinski definition) is 5. The standard InChI is InChI=1S/C12H14N4O/c1-8-10(3-2-6-13-8)12-15-11(16-17-12)7-14-9-4-5-9/h2-3,6,9,14H,4-5,7H2,1H3. The first-order chi connectivity index (χ1) is 8.33. The van der Waals surface area contributed by atoms with Crippen LogP contribution in [0.15, 0.2) is 22.9 Å². The van der Waals surface area contributed by atoms with Crippen LogP contribution in [0.2, 0.25) is 0 Å². The predicted octanol–water partition coefficient (Wildman–Crippen LogP) is 1.69. The highest BCUT2D eigenvalue weighted by Crippen LogP contribution is 2.21. The maximum Gasteiger partial charge on any atom is 0.259 e. The molecule has 0 atom stereocenters. The number of rotatable bonds is 4. The number of aryl methyl sites for hydroxylation is 1. The van der Waals surface area contributed by atoms with Crippen LogP contribution in [-0.2, 0) is 6.54 Å². The van der Waals surface area contributed by atoms with Crippen LogP contribution in [0.3, 0.4) is 0 Å². The lowest BCUT2D eigenvalue weighted by Gasteiger charge is -1.97. The van der Waals surface area contributed by atoms with E-state index in [-0.39, 0.29) is 0 Å². The van der Waals surface area contributed by atoms with Gasteiger partial charge in [-0.3, -0.25) is 4.98 Å².